The Hall–Kier alpha value is -2.40. The van der Waals surface area contributed by atoms with Gasteiger partial charge in [-0.2, -0.15) is 0 Å². The molecule has 5 heteroatoms. The summed E-state index contributed by atoms with van der Waals surface area (Å²) in [5.74, 6) is -0.496. The van der Waals surface area contributed by atoms with Crippen LogP contribution in [0, 0.1) is 0 Å². The Balaban J connectivity index is 2.18. The van der Waals surface area contributed by atoms with Gasteiger partial charge in [0.15, 0.2) is 0 Å². The van der Waals surface area contributed by atoms with E-state index in [1.807, 2.05) is 38.2 Å². The van der Waals surface area contributed by atoms with Crippen molar-refractivity contribution in [3.05, 3.63) is 53.9 Å². The van der Waals surface area contributed by atoms with Crippen LogP contribution in [0.15, 0.2) is 42.7 Å². The van der Waals surface area contributed by atoms with E-state index in [9.17, 15) is 9.90 Å². The zero-order valence-corrected chi connectivity index (χ0v) is 11.4. The van der Waals surface area contributed by atoms with Crippen LogP contribution in [-0.2, 0) is 0 Å². The second-order valence-electron chi connectivity index (χ2n) is 4.48. The highest BCUT2D eigenvalue weighted by molar-refractivity contribution is 6.06. The van der Waals surface area contributed by atoms with Gasteiger partial charge in [-0.1, -0.05) is 12.1 Å². The van der Waals surface area contributed by atoms with E-state index in [0.29, 0.717) is 5.69 Å². The molecule has 1 unspecified atom stereocenters. The molecule has 1 amide bonds. The number of nitrogens with zero attached hydrogens (tertiary/aromatic N) is 1. The third-order valence-electron chi connectivity index (χ3n) is 3.12. The van der Waals surface area contributed by atoms with Crippen LogP contribution >= 0.6 is 0 Å². The Morgan fingerprint density at radius 2 is 2.15 bits per heavy atom. The van der Waals surface area contributed by atoms with Crippen LogP contribution in [0.4, 0.5) is 5.69 Å². The highest BCUT2D eigenvalue weighted by Gasteiger charge is 2.11. The van der Waals surface area contributed by atoms with Crippen molar-refractivity contribution in [3.8, 4) is 5.75 Å². The van der Waals surface area contributed by atoms with Gasteiger partial charge in [0.05, 0.1) is 11.8 Å². The first-order chi connectivity index (χ1) is 9.61. The molecule has 1 heterocycles. The van der Waals surface area contributed by atoms with E-state index in [2.05, 4.69) is 15.6 Å². The Morgan fingerprint density at radius 1 is 1.35 bits per heavy atom. The number of carbonyl (C=O) groups is 1. The van der Waals surface area contributed by atoms with Crippen molar-refractivity contribution >= 4 is 11.6 Å². The molecule has 0 saturated carbocycles. The van der Waals surface area contributed by atoms with Gasteiger partial charge in [0, 0.05) is 17.9 Å². The molecule has 0 aliphatic heterocycles. The summed E-state index contributed by atoms with van der Waals surface area (Å²) in [6.45, 7) is 2.04. The van der Waals surface area contributed by atoms with E-state index in [0.717, 1.165) is 5.56 Å². The van der Waals surface area contributed by atoms with Crippen LogP contribution in [0.5, 0.6) is 5.75 Å². The maximum absolute atomic E-state index is 12.1. The molecule has 3 N–H and O–H groups in total. The smallest absolute Gasteiger partial charge is 0.259 e. The van der Waals surface area contributed by atoms with E-state index in [4.69, 9.17) is 0 Å². The third kappa shape index (κ3) is 3.13. The molecular weight excluding hydrogens is 254 g/mol. The first-order valence-corrected chi connectivity index (χ1v) is 6.33. The monoisotopic (exact) mass is 271 g/mol. The van der Waals surface area contributed by atoms with Gasteiger partial charge in [-0.25, -0.2) is 0 Å². The molecule has 5 nitrogen and oxygen atoms in total. The summed E-state index contributed by atoms with van der Waals surface area (Å²) in [7, 11) is 1.88. The quantitative estimate of drug-likeness (QED) is 0.797. The fourth-order valence-electron chi connectivity index (χ4n) is 1.83. The molecule has 0 spiro atoms. The number of benzene rings is 1. The molecule has 20 heavy (non-hydrogen) atoms. The maximum Gasteiger partial charge on any atom is 0.259 e. The molecule has 1 aromatic heterocycles. The van der Waals surface area contributed by atoms with Gasteiger partial charge in [-0.3, -0.25) is 9.78 Å². The lowest BCUT2D eigenvalue weighted by atomic mass is 10.1. The number of aromatic hydroxyl groups is 1. The van der Waals surface area contributed by atoms with E-state index < -0.39 is 0 Å². The van der Waals surface area contributed by atoms with E-state index >= 15 is 0 Å². The number of aromatic nitrogens is 1. The van der Waals surface area contributed by atoms with Crippen molar-refractivity contribution in [2.75, 3.05) is 12.4 Å². The number of hydrogen-bond donors (Lipinski definition) is 3. The van der Waals surface area contributed by atoms with Gasteiger partial charge in [-0.05, 0) is 37.7 Å². The summed E-state index contributed by atoms with van der Waals surface area (Å²) in [4.78, 5) is 15.8. The predicted molar refractivity (Wildman–Crippen MR) is 77.8 cm³/mol. The molecule has 1 aromatic carbocycles. The zero-order chi connectivity index (χ0) is 14.5. The minimum atomic E-state index is -0.362. The Bertz CT molecular complexity index is 614. The van der Waals surface area contributed by atoms with Gasteiger partial charge in [0.25, 0.3) is 5.91 Å². The summed E-state index contributed by atoms with van der Waals surface area (Å²) in [6, 6.07) is 9.25. The number of anilines is 1. The van der Waals surface area contributed by atoms with Crippen LogP contribution in [-0.4, -0.2) is 23.0 Å². The fourth-order valence-corrected chi connectivity index (χ4v) is 1.83. The Kier molecular flexibility index (Phi) is 4.32. The van der Waals surface area contributed by atoms with Crippen molar-refractivity contribution in [1.82, 2.24) is 10.3 Å². The van der Waals surface area contributed by atoms with Crippen LogP contribution in [0.25, 0.3) is 0 Å². The summed E-state index contributed by atoms with van der Waals surface area (Å²) >= 11 is 0. The lowest BCUT2D eigenvalue weighted by molar-refractivity contribution is 0.102. The molecule has 1 atom stereocenters. The molecule has 104 valence electrons. The highest BCUT2D eigenvalue weighted by Crippen LogP contribution is 2.19. The fraction of sp³-hybridized carbons (Fsp3) is 0.200. The van der Waals surface area contributed by atoms with Crippen molar-refractivity contribution in [2.24, 2.45) is 0 Å². The normalized spacial score (nSPS) is 11.9. The number of carbonyl (C=O) groups excluding carboxylic acids is 1. The first-order valence-electron chi connectivity index (χ1n) is 6.33. The summed E-state index contributed by atoms with van der Waals surface area (Å²) < 4.78 is 0. The van der Waals surface area contributed by atoms with E-state index in [1.54, 1.807) is 0 Å². The number of pyridine rings is 1. The minimum Gasteiger partial charge on any atom is -0.505 e. The molecule has 0 aliphatic rings. The summed E-state index contributed by atoms with van der Waals surface area (Å²) in [6.07, 6.45) is 2.71. The standard InChI is InChI=1S/C15H17N3O2/c1-10(16-2)11-4-3-5-12(8-11)18-15(20)13-6-7-17-9-14(13)19/h3-10,16,19H,1-2H3,(H,18,20). The minimum absolute atomic E-state index is 0.134. The molecule has 0 radical (unpaired) electrons. The average molecular weight is 271 g/mol. The molecule has 0 bridgehead atoms. The van der Waals surface area contributed by atoms with Crippen molar-refractivity contribution in [1.29, 1.82) is 0 Å². The Labute approximate surface area is 117 Å². The maximum atomic E-state index is 12.1. The second kappa shape index (κ2) is 6.16. The van der Waals surface area contributed by atoms with E-state index in [1.165, 1.54) is 18.5 Å². The topological polar surface area (TPSA) is 74.2 Å². The molecule has 2 rings (SSSR count). The van der Waals surface area contributed by atoms with Gasteiger partial charge in [-0.15, -0.1) is 0 Å². The number of nitrogens with one attached hydrogen (secondary N) is 2. The second-order valence-corrected chi connectivity index (χ2v) is 4.48. The number of amides is 1. The summed E-state index contributed by atoms with van der Waals surface area (Å²) in [5, 5.41) is 15.5. The van der Waals surface area contributed by atoms with Crippen LogP contribution in [0.1, 0.15) is 28.9 Å². The summed E-state index contributed by atoms with van der Waals surface area (Å²) in [5.41, 5.74) is 1.96. The highest BCUT2D eigenvalue weighted by atomic mass is 16.3. The SMILES string of the molecule is CNC(C)c1cccc(NC(=O)c2ccncc2O)c1. The largest absolute Gasteiger partial charge is 0.505 e. The first kappa shape index (κ1) is 14.0. The van der Waals surface area contributed by atoms with Gasteiger partial charge in [0.2, 0.25) is 0 Å². The molecule has 0 fully saturated rings. The van der Waals surface area contributed by atoms with Crippen molar-refractivity contribution in [3.63, 3.8) is 0 Å². The molecule has 0 aliphatic carbocycles. The lowest BCUT2D eigenvalue weighted by Gasteiger charge is -2.12. The van der Waals surface area contributed by atoms with E-state index in [-0.39, 0.29) is 23.3 Å². The van der Waals surface area contributed by atoms with Crippen molar-refractivity contribution < 1.29 is 9.90 Å². The zero-order valence-electron chi connectivity index (χ0n) is 11.4. The van der Waals surface area contributed by atoms with Gasteiger partial charge in [0.1, 0.15) is 5.75 Å². The Morgan fingerprint density at radius 3 is 2.85 bits per heavy atom. The molecular formula is C15H17N3O2. The number of hydrogen-bond acceptors (Lipinski definition) is 4. The molecule has 2 aromatic rings. The van der Waals surface area contributed by atoms with Crippen LogP contribution in [0.2, 0.25) is 0 Å². The number of rotatable bonds is 4. The third-order valence-corrected chi connectivity index (χ3v) is 3.12. The predicted octanol–water partition coefficient (Wildman–Crippen LogP) is 2.32. The van der Waals surface area contributed by atoms with Gasteiger partial charge < -0.3 is 15.7 Å². The van der Waals surface area contributed by atoms with Crippen LogP contribution in [0.3, 0.4) is 0 Å². The van der Waals surface area contributed by atoms with Gasteiger partial charge >= 0.3 is 0 Å². The van der Waals surface area contributed by atoms with Crippen molar-refractivity contribution in [2.45, 2.75) is 13.0 Å². The average Bonchev–Trinajstić information content (AvgIpc) is 2.47. The molecule has 0 saturated heterocycles. The van der Waals surface area contributed by atoms with Crippen LogP contribution < -0.4 is 10.6 Å². The lowest BCUT2D eigenvalue weighted by Crippen LogP contribution is -2.14.